The molecule has 0 unspecified atom stereocenters. The largest absolute Gasteiger partial charge is 0.478 e. The van der Waals surface area contributed by atoms with Gasteiger partial charge in [0.15, 0.2) is 0 Å². The number of aliphatic carboxylic acids is 1. The number of carboxylic acids is 1. The van der Waals surface area contributed by atoms with Gasteiger partial charge in [0.2, 0.25) is 0 Å². The van der Waals surface area contributed by atoms with E-state index in [9.17, 15) is 4.79 Å². The van der Waals surface area contributed by atoms with Crippen molar-refractivity contribution in [3.8, 4) is 0 Å². The van der Waals surface area contributed by atoms with Crippen molar-refractivity contribution < 1.29 is 9.90 Å². The molecule has 0 aromatic carbocycles. The molecule has 1 aliphatic heterocycles. The summed E-state index contributed by atoms with van der Waals surface area (Å²) in [6.45, 7) is 0. The Hall–Kier alpha value is -1.91. The molecule has 0 bridgehead atoms. The first-order chi connectivity index (χ1) is 6.20. The molecule has 2 aliphatic rings. The van der Waals surface area contributed by atoms with Crippen LogP contribution in [-0.4, -0.2) is 23.0 Å². The van der Waals surface area contributed by atoms with Gasteiger partial charge in [-0.15, -0.1) is 5.10 Å². The van der Waals surface area contributed by atoms with E-state index in [-0.39, 0.29) is 5.57 Å². The molecule has 13 heavy (non-hydrogen) atoms. The molecule has 66 valence electrons. The fraction of sp³-hybridized carbons (Fsp3) is 0.125. The number of rotatable bonds is 1. The van der Waals surface area contributed by atoms with Crippen LogP contribution in [-0.2, 0) is 4.79 Å². The van der Waals surface area contributed by atoms with Gasteiger partial charge >= 0.3 is 5.97 Å². The smallest absolute Gasteiger partial charge is 0.339 e. The first kappa shape index (κ1) is 7.72. The Kier molecular flexibility index (Phi) is 1.51. The van der Waals surface area contributed by atoms with Crippen LogP contribution in [0.15, 0.2) is 33.1 Å². The Bertz CT molecular complexity index is 402. The monoisotopic (exact) mass is 177 g/mol. The van der Waals surface area contributed by atoms with Gasteiger partial charge in [-0.25, -0.2) is 4.79 Å². The van der Waals surface area contributed by atoms with Gasteiger partial charge in [0.25, 0.3) is 0 Å². The summed E-state index contributed by atoms with van der Waals surface area (Å²) in [6.07, 6.45) is 3.80. The van der Waals surface area contributed by atoms with Gasteiger partial charge < -0.3 is 10.8 Å². The van der Waals surface area contributed by atoms with Crippen LogP contribution in [0, 0.1) is 0 Å². The molecule has 5 heteroatoms. The minimum absolute atomic E-state index is 0.0787. The third-order valence-corrected chi connectivity index (χ3v) is 1.94. The van der Waals surface area contributed by atoms with Crippen molar-refractivity contribution in [1.29, 1.82) is 0 Å². The third-order valence-electron chi connectivity index (χ3n) is 1.94. The van der Waals surface area contributed by atoms with Crippen LogP contribution in [0.25, 0.3) is 0 Å². The van der Waals surface area contributed by atoms with Crippen LogP contribution in [0.5, 0.6) is 0 Å². The lowest BCUT2D eigenvalue weighted by molar-refractivity contribution is -0.132. The van der Waals surface area contributed by atoms with Gasteiger partial charge in [-0.05, 0) is 0 Å². The maximum Gasteiger partial charge on any atom is 0.339 e. The maximum absolute atomic E-state index is 10.8. The lowest BCUT2D eigenvalue weighted by atomic mass is 9.94. The van der Waals surface area contributed by atoms with E-state index in [4.69, 9.17) is 10.8 Å². The highest BCUT2D eigenvalue weighted by Gasteiger charge is 2.26. The van der Waals surface area contributed by atoms with E-state index in [0.29, 0.717) is 17.8 Å². The van der Waals surface area contributed by atoms with Crippen LogP contribution in [0.2, 0.25) is 0 Å². The van der Waals surface area contributed by atoms with Gasteiger partial charge in [0.05, 0.1) is 6.21 Å². The second-order valence-electron chi connectivity index (χ2n) is 2.76. The lowest BCUT2D eigenvalue weighted by Crippen LogP contribution is -2.22. The molecular formula is C8H7N3O2. The fourth-order valence-electron chi connectivity index (χ4n) is 1.32. The molecule has 0 saturated carbocycles. The molecule has 2 rings (SSSR count). The zero-order chi connectivity index (χ0) is 9.42. The number of nitrogens with zero attached hydrogens (tertiary/aromatic N) is 2. The molecular weight excluding hydrogens is 170 g/mol. The molecule has 1 aliphatic carbocycles. The maximum atomic E-state index is 10.8. The van der Waals surface area contributed by atoms with E-state index < -0.39 is 5.97 Å². The number of carboxylic acid groups (broad SMARTS) is 1. The summed E-state index contributed by atoms with van der Waals surface area (Å²) in [4.78, 5) is 10.8. The average Bonchev–Trinajstić information content (AvgIpc) is 2.50. The summed E-state index contributed by atoms with van der Waals surface area (Å²) in [6, 6.07) is 0. The Morgan fingerprint density at radius 1 is 1.62 bits per heavy atom. The second-order valence-corrected chi connectivity index (χ2v) is 2.76. The van der Waals surface area contributed by atoms with E-state index in [1.165, 1.54) is 6.21 Å². The van der Waals surface area contributed by atoms with E-state index >= 15 is 0 Å². The molecule has 0 spiro atoms. The molecule has 0 saturated heterocycles. The average molecular weight is 177 g/mol. The van der Waals surface area contributed by atoms with Crippen molar-refractivity contribution in [2.24, 2.45) is 15.9 Å². The van der Waals surface area contributed by atoms with Gasteiger partial charge in [-0.3, -0.25) is 0 Å². The summed E-state index contributed by atoms with van der Waals surface area (Å²) in [5, 5.41) is 16.2. The number of carbonyl (C=O) groups is 1. The summed E-state index contributed by atoms with van der Waals surface area (Å²) in [7, 11) is 0. The Balaban J connectivity index is 2.50. The zero-order valence-electron chi connectivity index (χ0n) is 6.69. The molecule has 0 aromatic heterocycles. The van der Waals surface area contributed by atoms with Gasteiger partial charge in [0, 0.05) is 17.7 Å². The predicted molar refractivity (Wildman–Crippen MR) is 47.5 cm³/mol. The summed E-state index contributed by atoms with van der Waals surface area (Å²) < 4.78 is 0. The van der Waals surface area contributed by atoms with E-state index in [2.05, 4.69) is 10.2 Å². The second kappa shape index (κ2) is 2.55. The highest BCUT2D eigenvalue weighted by molar-refractivity contribution is 6.35. The van der Waals surface area contributed by atoms with E-state index in [0.717, 1.165) is 5.57 Å². The fourth-order valence-corrected chi connectivity index (χ4v) is 1.32. The van der Waals surface area contributed by atoms with Crippen LogP contribution in [0.4, 0.5) is 0 Å². The number of nitrogens with two attached hydrogens (primary N) is 1. The first-order valence-electron chi connectivity index (χ1n) is 3.74. The van der Waals surface area contributed by atoms with E-state index in [1.54, 1.807) is 0 Å². The van der Waals surface area contributed by atoms with Crippen molar-refractivity contribution in [1.82, 2.24) is 0 Å². The quantitative estimate of drug-likeness (QED) is 0.593. The Labute approximate surface area is 74.0 Å². The van der Waals surface area contributed by atoms with Crippen molar-refractivity contribution >= 4 is 17.9 Å². The standard InChI is InChI=1S/C8H7N3O2/c9-5-2-1-4-3-10-11-7(4)6(5)8(12)13/h1,3H,2,9H2,(H,12,13). The molecule has 3 N–H and O–H groups in total. The number of hydrogen-bond donors (Lipinski definition) is 2. The highest BCUT2D eigenvalue weighted by Crippen LogP contribution is 2.21. The molecule has 0 atom stereocenters. The van der Waals surface area contributed by atoms with Gasteiger partial charge in [-0.1, -0.05) is 6.08 Å². The van der Waals surface area contributed by atoms with Crippen molar-refractivity contribution in [3.05, 3.63) is 22.9 Å². The summed E-state index contributed by atoms with van der Waals surface area (Å²) in [5.74, 6) is -1.05. The molecule has 5 nitrogen and oxygen atoms in total. The number of hydrogen-bond acceptors (Lipinski definition) is 4. The van der Waals surface area contributed by atoms with Crippen molar-refractivity contribution in [2.45, 2.75) is 6.42 Å². The normalized spacial score (nSPS) is 19.7. The van der Waals surface area contributed by atoms with Crippen LogP contribution in [0.1, 0.15) is 6.42 Å². The molecule has 0 fully saturated rings. The predicted octanol–water partition coefficient (Wildman–Crippen LogP) is 0.0543. The SMILES string of the molecule is NC1=C(C(=O)O)C2=NN=CC2=CC1. The Morgan fingerprint density at radius 2 is 2.38 bits per heavy atom. The van der Waals surface area contributed by atoms with E-state index in [1.807, 2.05) is 6.08 Å². The number of allylic oxidation sites excluding steroid dienone is 2. The minimum atomic E-state index is -1.05. The van der Waals surface area contributed by atoms with Gasteiger partial charge in [0.1, 0.15) is 11.3 Å². The Morgan fingerprint density at radius 3 is 3.08 bits per heavy atom. The first-order valence-corrected chi connectivity index (χ1v) is 3.74. The third kappa shape index (κ3) is 1.05. The van der Waals surface area contributed by atoms with Crippen LogP contribution < -0.4 is 5.73 Å². The minimum Gasteiger partial charge on any atom is -0.478 e. The van der Waals surface area contributed by atoms with Crippen LogP contribution >= 0.6 is 0 Å². The highest BCUT2D eigenvalue weighted by atomic mass is 16.4. The lowest BCUT2D eigenvalue weighted by Gasteiger charge is -2.11. The molecule has 0 aromatic rings. The van der Waals surface area contributed by atoms with Crippen molar-refractivity contribution in [3.63, 3.8) is 0 Å². The molecule has 0 amide bonds. The van der Waals surface area contributed by atoms with Crippen molar-refractivity contribution in [2.75, 3.05) is 0 Å². The van der Waals surface area contributed by atoms with Gasteiger partial charge in [-0.2, -0.15) is 5.10 Å². The zero-order valence-corrected chi connectivity index (χ0v) is 6.69. The number of fused-ring (bicyclic) bond motifs is 1. The topological polar surface area (TPSA) is 88.0 Å². The van der Waals surface area contributed by atoms with Crippen LogP contribution in [0.3, 0.4) is 0 Å². The molecule has 0 radical (unpaired) electrons. The summed E-state index contributed by atoms with van der Waals surface area (Å²) >= 11 is 0. The summed E-state index contributed by atoms with van der Waals surface area (Å²) in [5.41, 5.74) is 7.08. The molecule has 1 heterocycles.